The highest BCUT2D eigenvalue weighted by Crippen LogP contribution is 2.08. The Morgan fingerprint density at radius 2 is 1.73 bits per heavy atom. The molecule has 0 aliphatic rings. The van der Waals surface area contributed by atoms with Gasteiger partial charge >= 0.3 is 0 Å². The van der Waals surface area contributed by atoms with Crippen molar-refractivity contribution in [1.29, 1.82) is 0 Å². The zero-order valence-corrected chi connectivity index (χ0v) is 6.39. The van der Waals surface area contributed by atoms with Crippen LogP contribution in [0.5, 0.6) is 0 Å². The summed E-state index contributed by atoms with van der Waals surface area (Å²) in [5, 5.41) is 0. The number of rotatable bonds is 0. The summed E-state index contributed by atoms with van der Waals surface area (Å²) in [4.78, 5) is 0. The van der Waals surface area contributed by atoms with Crippen molar-refractivity contribution >= 4 is 0 Å². The van der Waals surface area contributed by atoms with Gasteiger partial charge in [-0.15, -0.1) is 12.8 Å². The summed E-state index contributed by atoms with van der Waals surface area (Å²) in [5.74, 6) is 5.08. The first-order valence-electron chi connectivity index (χ1n) is 3.32. The van der Waals surface area contributed by atoms with E-state index in [1.54, 1.807) is 0 Å². The maximum atomic E-state index is 5.25. The van der Waals surface area contributed by atoms with Crippen LogP contribution in [0.15, 0.2) is 18.2 Å². The SMILES string of the molecule is C#Cc1ccc(C)cc1C#C. The van der Waals surface area contributed by atoms with E-state index < -0.39 is 0 Å². The fourth-order valence-corrected chi connectivity index (χ4v) is 0.903. The van der Waals surface area contributed by atoms with Gasteiger partial charge in [0, 0.05) is 11.1 Å². The molecule has 1 rings (SSSR count). The molecule has 0 heterocycles. The molecule has 11 heavy (non-hydrogen) atoms. The Hall–Kier alpha value is -1.66. The lowest BCUT2D eigenvalue weighted by atomic mass is 10.1. The first-order valence-corrected chi connectivity index (χ1v) is 3.32. The highest BCUT2D eigenvalue weighted by atomic mass is 14.0. The minimum atomic E-state index is 0.790. The van der Waals surface area contributed by atoms with Crippen molar-refractivity contribution in [2.24, 2.45) is 0 Å². The summed E-state index contributed by atoms with van der Waals surface area (Å²) in [7, 11) is 0. The van der Waals surface area contributed by atoms with Crippen LogP contribution in [0.2, 0.25) is 0 Å². The van der Waals surface area contributed by atoms with Crippen molar-refractivity contribution in [3.05, 3.63) is 34.9 Å². The van der Waals surface area contributed by atoms with Crippen molar-refractivity contribution in [3.63, 3.8) is 0 Å². The molecule has 1 aromatic carbocycles. The largest absolute Gasteiger partial charge is 0.115 e. The summed E-state index contributed by atoms with van der Waals surface area (Å²) in [5.41, 5.74) is 2.72. The zero-order valence-electron chi connectivity index (χ0n) is 6.39. The minimum Gasteiger partial charge on any atom is -0.115 e. The van der Waals surface area contributed by atoms with Crippen LogP contribution in [0.25, 0.3) is 0 Å². The van der Waals surface area contributed by atoms with Gasteiger partial charge in [-0.1, -0.05) is 17.9 Å². The molecule has 0 aliphatic heterocycles. The Bertz CT molecular complexity index is 345. The number of benzene rings is 1. The first-order chi connectivity index (χ1) is 5.27. The third kappa shape index (κ3) is 1.42. The molecule has 0 spiro atoms. The van der Waals surface area contributed by atoms with Gasteiger partial charge in [-0.25, -0.2) is 0 Å². The lowest BCUT2D eigenvalue weighted by Crippen LogP contribution is -1.83. The van der Waals surface area contributed by atoms with E-state index in [2.05, 4.69) is 11.8 Å². The summed E-state index contributed by atoms with van der Waals surface area (Å²) in [6, 6.07) is 5.73. The summed E-state index contributed by atoms with van der Waals surface area (Å²) in [6.07, 6.45) is 10.5. The maximum Gasteiger partial charge on any atom is 0.0401 e. The monoisotopic (exact) mass is 140 g/mol. The Kier molecular flexibility index (Phi) is 2.00. The van der Waals surface area contributed by atoms with Crippen LogP contribution >= 0.6 is 0 Å². The second-order valence-electron chi connectivity index (χ2n) is 2.34. The lowest BCUT2D eigenvalue weighted by Gasteiger charge is -1.97. The lowest BCUT2D eigenvalue weighted by molar-refractivity contribution is 1.44. The number of terminal acetylenes is 2. The van der Waals surface area contributed by atoms with Gasteiger partial charge in [-0.05, 0) is 24.6 Å². The molecule has 0 heteroatoms. The van der Waals surface area contributed by atoms with Crippen LogP contribution < -0.4 is 0 Å². The quantitative estimate of drug-likeness (QED) is 0.483. The van der Waals surface area contributed by atoms with E-state index in [1.807, 2.05) is 25.1 Å². The molecule has 52 valence electrons. The Morgan fingerprint density at radius 1 is 1.09 bits per heavy atom. The molecular formula is C11H8. The second-order valence-corrected chi connectivity index (χ2v) is 2.34. The Labute approximate surface area is 67.3 Å². The van der Waals surface area contributed by atoms with Crippen LogP contribution in [0.3, 0.4) is 0 Å². The van der Waals surface area contributed by atoms with Crippen molar-refractivity contribution in [3.8, 4) is 24.7 Å². The van der Waals surface area contributed by atoms with Crippen molar-refractivity contribution in [1.82, 2.24) is 0 Å². The molecule has 0 saturated carbocycles. The average Bonchev–Trinajstić information content (AvgIpc) is 2.04. The summed E-state index contributed by atoms with van der Waals surface area (Å²) < 4.78 is 0. The molecule has 0 fully saturated rings. The molecule has 0 radical (unpaired) electrons. The molecule has 0 amide bonds. The van der Waals surface area contributed by atoms with Crippen LogP contribution in [0, 0.1) is 31.6 Å². The maximum absolute atomic E-state index is 5.25. The Morgan fingerprint density at radius 3 is 2.27 bits per heavy atom. The standard InChI is InChI=1S/C11H8/c1-4-10-7-6-9(3)8-11(10)5-2/h1-2,6-8H,3H3. The van der Waals surface area contributed by atoms with Gasteiger partial charge in [-0.2, -0.15) is 0 Å². The van der Waals surface area contributed by atoms with Crippen LogP contribution in [0.4, 0.5) is 0 Å². The van der Waals surface area contributed by atoms with Crippen molar-refractivity contribution in [2.45, 2.75) is 6.92 Å². The number of hydrogen-bond donors (Lipinski definition) is 0. The van der Waals surface area contributed by atoms with Gasteiger partial charge in [0.1, 0.15) is 0 Å². The third-order valence-corrected chi connectivity index (χ3v) is 1.49. The van der Waals surface area contributed by atoms with Gasteiger partial charge in [0.25, 0.3) is 0 Å². The van der Waals surface area contributed by atoms with Crippen LogP contribution in [-0.2, 0) is 0 Å². The predicted octanol–water partition coefficient (Wildman–Crippen LogP) is 1.96. The average molecular weight is 140 g/mol. The highest BCUT2D eigenvalue weighted by molar-refractivity contribution is 5.49. The summed E-state index contributed by atoms with van der Waals surface area (Å²) in [6.45, 7) is 1.99. The fourth-order valence-electron chi connectivity index (χ4n) is 0.903. The van der Waals surface area contributed by atoms with Gasteiger partial charge in [0.15, 0.2) is 0 Å². The van der Waals surface area contributed by atoms with E-state index in [1.165, 1.54) is 0 Å². The topological polar surface area (TPSA) is 0 Å². The van der Waals surface area contributed by atoms with Crippen molar-refractivity contribution < 1.29 is 0 Å². The molecule has 1 aromatic rings. The number of hydrogen-bond acceptors (Lipinski definition) is 0. The Balaban J connectivity index is 3.34. The molecule has 0 N–H and O–H groups in total. The zero-order chi connectivity index (χ0) is 8.27. The second kappa shape index (κ2) is 2.95. The van der Waals surface area contributed by atoms with Gasteiger partial charge < -0.3 is 0 Å². The van der Waals surface area contributed by atoms with E-state index in [4.69, 9.17) is 12.8 Å². The molecule has 0 saturated heterocycles. The third-order valence-electron chi connectivity index (χ3n) is 1.49. The highest BCUT2D eigenvalue weighted by Gasteiger charge is 1.94. The van der Waals surface area contributed by atoms with E-state index in [-0.39, 0.29) is 0 Å². The van der Waals surface area contributed by atoms with Crippen molar-refractivity contribution in [2.75, 3.05) is 0 Å². The fraction of sp³-hybridized carbons (Fsp3) is 0.0909. The smallest absolute Gasteiger partial charge is 0.0401 e. The van der Waals surface area contributed by atoms with E-state index in [0.717, 1.165) is 16.7 Å². The first kappa shape index (κ1) is 7.45. The van der Waals surface area contributed by atoms with Gasteiger partial charge in [0.05, 0.1) is 0 Å². The van der Waals surface area contributed by atoms with Gasteiger partial charge in [-0.3, -0.25) is 0 Å². The number of aryl methyl sites for hydroxylation is 1. The van der Waals surface area contributed by atoms with Crippen LogP contribution in [0.1, 0.15) is 16.7 Å². The van der Waals surface area contributed by atoms with Crippen LogP contribution in [-0.4, -0.2) is 0 Å². The summed E-state index contributed by atoms with van der Waals surface area (Å²) >= 11 is 0. The van der Waals surface area contributed by atoms with Gasteiger partial charge in [0.2, 0.25) is 0 Å². The van der Waals surface area contributed by atoms with E-state index >= 15 is 0 Å². The molecule has 0 aromatic heterocycles. The molecular weight excluding hydrogens is 132 g/mol. The molecule has 0 nitrogen and oxygen atoms in total. The molecule has 0 atom stereocenters. The van der Waals surface area contributed by atoms with E-state index in [9.17, 15) is 0 Å². The molecule has 0 unspecified atom stereocenters. The predicted molar refractivity (Wildman–Crippen MR) is 47.0 cm³/mol. The molecule has 0 aliphatic carbocycles. The minimum absolute atomic E-state index is 0.790. The molecule has 0 bridgehead atoms. The normalized spacial score (nSPS) is 8.27. The van der Waals surface area contributed by atoms with E-state index in [0.29, 0.717) is 0 Å².